The Kier molecular flexibility index (Phi) is 10.2. The highest BCUT2D eigenvalue weighted by molar-refractivity contribution is 7.85. The van der Waals surface area contributed by atoms with E-state index in [0.717, 1.165) is 11.1 Å². The zero-order valence-electron chi connectivity index (χ0n) is 19.7. The van der Waals surface area contributed by atoms with E-state index < -0.39 is 40.8 Å². The number of benzene rings is 3. The number of nitrogens with two attached hydrogens (primary N) is 1. The molecule has 0 unspecified atom stereocenters. The van der Waals surface area contributed by atoms with Gasteiger partial charge in [-0.15, -0.1) is 0 Å². The molecule has 0 aliphatic rings. The molecule has 3 aromatic carbocycles. The fourth-order valence-corrected chi connectivity index (χ4v) is 4.59. The Bertz CT molecular complexity index is 1160. The summed E-state index contributed by atoms with van der Waals surface area (Å²) in [6, 6.07) is 25.1. The molecule has 3 rings (SSSR count). The summed E-state index contributed by atoms with van der Waals surface area (Å²) in [7, 11) is -1.36. The van der Waals surface area contributed by atoms with Crippen LogP contribution in [0.25, 0.3) is 0 Å². The summed E-state index contributed by atoms with van der Waals surface area (Å²) in [6.07, 6.45) is -0.510. The van der Waals surface area contributed by atoms with E-state index in [1.54, 1.807) is 24.3 Å². The fraction of sp³-hybridized carbons (Fsp3) is 0.222. The summed E-state index contributed by atoms with van der Waals surface area (Å²) in [4.78, 5) is 38.3. The average Bonchev–Trinajstić information content (AvgIpc) is 2.90. The molecule has 0 aromatic heterocycles. The largest absolute Gasteiger partial charge is 0.445 e. The number of alkyl carbamates (subject to hydrolysis) is 1. The Hall–Kier alpha value is -3.98. The second kappa shape index (κ2) is 13.8. The maximum absolute atomic E-state index is 13.1. The summed E-state index contributed by atoms with van der Waals surface area (Å²) >= 11 is 0. The average molecular weight is 508 g/mol. The van der Waals surface area contributed by atoms with E-state index >= 15 is 0 Å². The number of carbonyl (C=O) groups excluding carboxylic acids is 3. The zero-order valence-corrected chi connectivity index (χ0v) is 20.5. The van der Waals surface area contributed by atoms with E-state index in [9.17, 15) is 18.6 Å². The minimum atomic E-state index is -1.36. The number of hydrogen-bond acceptors (Lipinski definition) is 5. The molecule has 3 amide bonds. The van der Waals surface area contributed by atoms with E-state index in [1.165, 1.54) is 0 Å². The van der Waals surface area contributed by atoms with Crippen LogP contribution in [0, 0.1) is 0 Å². The van der Waals surface area contributed by atoms with Crippen LogP contribution >= 0.6 is 0 Å². The number of amides is 3. The number of nitrogens with one attached hydrogen (secondary N) is 2. The Morgan fingerprint density at radius 1 is 0.778 bits per heavy atom. The highest BCUT2D eigenvalue weighted by atomic mass is 32.2. The van der Waals surface area contributed by atoms with Crippen LogP contribution in [-0.2, 0) is 38.2 Å². The number of primary amides is 1. The van der Waals surface area contributed by atoms with Gasteiger partial charge in [0.15, 0.2) is 0 Å². The Morgan fingerprint density at radius 2 is 1.33 bits per heavy atom. The van der Waals surface area contributed by atoms with Crippen molar-refractivity contribution >= 4 is 28.7 Å². The van der Waals surface area contributed by atoms with Crippen molar-refractivity contribution < 1.29 is 23.3 Å². The molecule has 0 radical (unpaired) electrons. The molecule has 0 bridgehead atoms. The molecular formula is C27H29N3O5S. The van der Waals surface area contributed by atoms with Gasteiger partial charge in [-0.3, -0.25) is 13.8 Å². The molecule has 0 spiro atoms. The lowest BCUT2D eigenvalue weighted by molar-refractivity contribution is -0.128. The second-order valence-corrected chi connectivity index (χ2v) is 9.63. The number of rotatable bonds is 12. The molecule has 0 aliphatic heterocycles. The van der Waals surface area contributed by atoms with Gasteiger partial charge in [0.25, 0.3) is 0 Å². The molecule has 0 saturated carbocycles. The first-order valence-corrected chi connectivity index (χ1v) is 12.8. The normalized spacial score (nSPS) is 13.1. The first kappa shape index (κ1) is 26.6. The highest BCUT2D eigenvalue weighted by Crippen LogP contribution is 2.09. The highest BCUT2D eigenvalue weighted by Gasteiger charge is 2.27. The molecule has 3 atom stereocenters. The van der Waals surface area contributed by atoms with E-state index in [-0.39, 0.29) is 25.2 Å². The summed E-state index contributed by atoms with van der Waals surface area (Å²) in [5.74, 6) is -1.21. The Labute approximate surface area is 212 Å². The second-order valence-electron chi connectivity index (χ2n) is 8.06. The van der Waals surface area contributed by atoms with Gasteiger partial charge in [0.05, 0.1) is 10.8 Å². The van der Waals surface area contributed by atoms with Crippen molar-refractivity contribution in [1.82, 2.24) is 10.6 Å². The van der Waals surface area contributed by atoms with Crippen LogP contribution in [0.1, 0.15) is 17.5 Å². The third kappa shape index (κ3) is 8.66. The van der Waals surface area contributed by atoms with Crippen molar-refractivity contribution in [3.63, 3.8) is 0 Å². The molecule has 8 nitrogen and oxygen atoms in total. The standard InChI is InChI=1S/C27H29N3O5S/c28-25(31)23(16-17-36(34)22-14-8-3-9-15-22)29-26(32)24(18-20-10-4-1-5-11-20)30-27(33)35-19-21-12-6-2-7-13-21/h1-15,23-24H,16-19H2,(H2,28,31)(H,29,32)(H,30,33)/t23-,24-,36-/m0/s1. The predicted octanol–water partition coefficient (Wildman–Crippen LogP) is 2.69. The van der Waals surface area contributed by atoms with Crippen LogP contribution < -0.4 is 16.4 Å². The maximum Gasteiger partial charge on any atom is 0.408 e. The SMILES string of the molecule is NC(=O)[C@H](CC[S@](=O)c1ccccc1)NC(=O)[C@H](Cc1ccccc1)NC(=O)OCc1ccccc1. The fourth-order valence-electron chi connectivity index (χ4n) is 3.44. The summed E-state index contributed by atoms with van der Waals surface area (Å²) < 4.78 is 17.8. The van der Waals surface area contributed by atoms with Crippen LogP contribution in [0.2, 0.25) is 0 Å². The predicted molar refractivity (Wildman–Crippen MR) is 137 cm³/mol. The van der Waals surface area contributed by atoms with Gasteiger partial charge >= 0.3 is 6.09 Å². The smallest absolute Gasteiger partial charge is 0.408 e. The van der Waals surface area contributed by atoms with Crippen molar-refractivity contribution in [1.29, 1.82) is 0 Å². The molecule has 188 valence electrons. The van der Waals surface area contributed by atoms with Gasteiger partial charge in [-0.1, -0.05) is 78.9 Å². The van der Waals surface area contributed by atoms with Crippen LogP contribution in [0.15, 0.2) is 95.9 Å². The number of hydrogen-bond donors (Lipinski definition) is 3. The minimum absolute atomic E-state index is 0.0432. The molecule has 4 N–H and O–H groups in total. The molecule has 0 aliphatic carbocycles. The van der Waals surface area contributed by atoms with Gasteiger partial charge in [-0.25, -0.2) is 4.79 Å². The Balaban J connectivity index is 1.64. The van der Waals surface area contributed by atoms with Gasteiger partial charge in [0.1, 0.15) is 18.7 Å². The lowest BCUT2D eigenvalue weighted by Gasteiger charge is -2.22. The first-order chi connectivity index (χ1) is 17.4. The lowest BCUT2D eigenvalue weighted by Crippen LogP contribution is -2.54. The lowest BCUT2D eigenvalue weighted by atomic mass is 10.0. The number of ether oxygens (including phenoxy) is 1. The summed E-state index contributed by atoms with van der Waals surface area (Å²) in [5, 5.41) is 5.19. The molecule has 0 heterocycles. The third-order valence-corrected chi connectivity index (χ3v) is 6.77. The molecule has 0 saturated heterocycles. The van der Waals surface area contributed by atoms with Crippen molar-refractivity contribution in [3.05, 3.63) is 102 Å². The summed E-state index contributed by atoms with van der Waals surface area (Å²) in [5.41, 5.74) is 7.12. The van der Waals surface area contributed by atoms with Gasteiger partial charge < -0.3 is 21.1 Å². The van der Waals surface area contributed by atoms with Gasteiger partial charge in [0.2, 0.25) is 11.8 Å². The van der Waals surface area contributed by atoms with Gasteiger partial charge in [-0.2, -0.15) is 0 Å². The molecule has 9 heteroatoms. The maximum atomic E-state index is 13.1. The van der Waals surface area contributed by atoms with Gasteiger partial charge in [0, 0.05) is 17.1 Å². The van der Waals surface area contributed by atoms with Crippen molar-refractivity contribution in [2.45, 2.75) is 36.4 Å². The molecular weight excluding hydrogens is 478 g/mol. The molecule has 3 aromatic rings. The molecule has 0 fully saturated rings. The molecule has 36 heavy (non-hydrogen) atoms. The van der Waals surface area contributed by atoms with Crippen molar-refractivity contribution in [2.24, 2.45) is 5.73 Å². The summed E-state index contributed by atoms with van der Waals surface area (Å²) in [6.45, 7) is 0.0432. The van der Waals surface area contributed by atoms with Crippen LogP contribution in [0.5, 0.6) is 0 Å². The number of carbonyl (C=O) groups is 3. The van der Waals surface area contributed by atoms with E-state index in [4.69, 9.17) is 10.5 Å². The van der Waals surface area contributed by atoms with Crippen molar-refractivity contribution in [2.75, 3.05) is 5.75 Å². The van der Waals surface area contributed by atoms with Crippen LogP contribution in [0.3, 0.4) is 0 Å². The Morgan fingerprint density at radius 3 is 1.92 bits per heavy atom. The first-order valence-electron chi connectivity index (χ1n) is 11.5. The van der Waals surface area contributed by atoms with Crippen molar-refractivity contribution in [3.8, 4) is 0 Å². The van der Waals surface area contributed by atoms with Gasteiger partial charge in [-0.05, 0) is 29.7 Å². The topological polar surface area (TPSA) is 128 Å². The van der Waals surface area contributed by atoms with E-state index in [2.05, 4.69) is 10.6 Å². The van der Waals surface area contributed by atoms with Crippen LogP contribution in [-0.4, -0.2) is 40.0 Å². The monoisotopic (exact) mass is 507 g/mol. The minimum Gasteiger partial charge on any atom is -0.445 e. The quantitative estimate of drug-likeness (QED) is 0.347. The zero-order chi connectivity index (χ0) is 25.8. The third-order valence-electron chi connectivity index (χ3n) is 5.36. The van der Waals surface area contributed by atoms with Crippen LogP contribution in [0.4, 0.5) is 4.79 Å². The van der Waals surface area contributed by atoms with E-state index in [0.29, 0.717) is 4.90 Å². The van der Waals surface area contributed by atoms with E-state index in [1.807, 2.05) is 66.7 Å².